The van der Waals surface area contributed by atoms with Crippen molar-refractivity contribution in [2.24, 2.45) is 0 Å². The van der Waals surface area contributed by atoms with Crippen molar-refractivity contribution in [2.75, 3.05) is 30.0 Å². The highest BCUT2D eigenvalue weighted by Crippen LogP contribution is 2.29. The summed E-state index contributed by atoms with van der Waals surface area (Å²) in [4.78, 5) is 12.2. The van der Waals surface area contributed by atoms with Crippen LogP contribution in [0.25, 0.3) is 0 Å². The first-order valence-corrected chi connectivity index (χ1v) is 10.0. The summed E-state index contributed by atoms with van der Waals surface area (Å²) in [7, 11) is -3.58. The molecular formula is C14H19N3O4S2. The molecule has 0 saturated carbocycles. The van der Waals surface area contributed by atoms with Crippen molar-refractivity contribution < 1.29 is 18.3 Å². The Labute approximate surface area is 139 Å². The molecule has 2 fully saturated rings. The summed E-state index contributed by atoms with van der Waals surface area (Å²) in [6.07, 6.45) is 1.71. The van der Waals surface area contributed by atoms with Gasteiger partial charge < -0.3 is 10.4 Å². The molecule has 1 atom stereocenters. The average molecular weight is 357 g/mol. The van der Waals surface area contributed by atoms with Crippen molar-refractivity contribution in [2.45, 2.75) is 23.8 Å². The monoisotopic (exact) mass is 357 g/mol. The molecule has 2 aliphatic heterocycles. The standard InChI is InChI=1S/C14H19N3O4S2/c18-13-4-3-10(23(20,21)17-5-1-2-6-17)7-11(13)16-14(19)12-8-22-9-15-12/h3-4,7,12,15,18H,1-2,5-6,8-9H2,(H,16,19). The molecule has 3 rings (SSSR count). The second-order valence-electron chi connectivity index (χ2n) is 5.55. The van der Waals surface area contributed by atoms with Crippen LogP contribution in [-0.4, -0.2) is 54.5 Å². The van der Waals surface area contributed by atoms with E-state index in [0.29, 0.717) is 24.7 Å². The Bertz CT molecular complexity index is 696. The Morgan fingerprint density at radius 3 is 2.74 bits per heavy atom. The maximum atomic E-state index is 12.6. The van der Waals surface area contributed by atoms with Crippen molar-refractivity contribution in [3.05, 3.63) is 18.2 Å². The molecule has 2 saturated heterocycles. The second-order valence-corrected chi connectivity index (χ2v) is 8.52. The summed E-state index contributed by atoms with van der Waals surface area (Å²) in [6, 6.07) is 3.65. The first-order chi connectivity index (χ1) is 11.0. The molecule has 2 aliphatic rings. The Hall–Kier alpha value is -1.29. The van der Waals surface area contributed by atoms with E-state index in [-0.39, 0.29) is 28.3 Å². The molecule has 0 aromatic heterocycles. The quantitative estimate of drug-likeness (QED) is 0.689. The number of carbonyl (C=O) groups is 1. The summed E-state index contributed by atoms with van der Waals surface area (Å²) in [5, 5.41) is 15.5. The molecule has 3 N–H and O–H groups in total. The number of rotatable bonds is 4. The number of benzene rings is 1. The van der Waals surface area contributed by atoms with E-state index in [2.05, 4.69) is 10.6 Å². The number of anilines is 1. The molecule has 0 radical (unpaired) electrons. The lowest BCUT2D eigenvalue weighted by Gasteiger charge is -2.17. The van der Waals surface area contributed by atoms with Gasteiger partial charge in [-0.2, -0.15) is 4.31 Å². The van der Waals surface area contributed by atoms with Crippen molar-refractivity contribution >= 4 is 33.4 Å². The number of thioether (sulfide) groups is 1. The zero-order valence-electron chi connectivity index (χ0n) is 12.5. The SMILES string of the molecule is O=C(Nc1cc(S(=O)(=O)N2CCCC2)ccc1O)C1CSCN1. The number of hydrogen-bond acceptors (Lipinski definition) is 6. The fourth-order valence-corrected chi connectivity index (χ4v) is 5.12. The van der Waals surface area contributed by atoms with Gasteiger partial charge in [-0.25, -0.2) is 8.42 Å². The van der Waals surface area contributed by atoms with E-state index in [1.165, 1.54) is 22.5 Å². The van der Waals surface area contributed by atoms with Crippen LogP contribution in [0, 0.1) is 0 Å². The second kappa shape index (κ2) is 6.68. The van der Waals surface area contributed by atoms with Crippen molar-refractivity contribution in [3.8, 4) is 5.75 Å². The van der Waals surface area contributed by atoms with Crippen LogP contribution in [0.1, 0.15) is 12.8 Å². The molecule has 23 heavy (non-hydrogen) atoms. The van der Waals surface area contributed by atoms with Gasteiger partial charge in [-0.3, -0.25) is 10.1 Å². The van der Waals surface area contributed by atoms with Crippen LogP contribution < -0.4 is 10.6 Å². The van der Waals surface area contributed by atoms with Crippen molar-refractivity contribution in [1.82, 2.24) is 9.62 Å². The number of aromatic hydroxyl groups is 1. The van der Waals surface area contributed by atoms with E-state index < -0.39 is 10.0 Å². The fraction of sp³-hybridized carbons (Fsp3) is 0.500. The van der Waals surface area contributed by atoms with Gasteiger partial charge in [0.1, 0.15) is 5.75 Å². The third-order valence-corrected chi connectivity index (χ3v) is 6.80. The Balaban J connectivity index is 1.82. The Morgan fingerprint density at radius 2 is 2.09 bits per heavy atom. The molecule has 0 spiro atoms. The van der Waals surface area contributed by atoms with Crippen LogP contribution in [0.3, 0.4) is 0 Å². The molecule has 0 bridgehead atoms. The zero-order valence-corrected chi connectivity index (χ0v) is 14.1. The molecule has 7 nitrogen and oxygen atoms in total. The highest BCUT2D eigenvalue weighted by Gasteiger charge is 2.28. The van der Waals surface area contributed by atoms with Gasteiger partial charge in [0.2, 0.25) is 15.9 Å². The van der Waals surface area contributed by atoms with Gasteiger partial charge >= 0.3 is 0 Å². The molecule has 9 heteroatoms. The summed E-state index contributed by atoms with van der Waals surface area (Å²) in [5.41, 5.74) is 0.119. The van der Waals surface area contributed by atoms with Gasteiger partial charge in [0.15, 0.2) is 0 Å². The molecule has 2 heterocycles. The van der Waals surface area contributed by atoms with E-state index >= 15 is 0 Å². The minimum absolute atomic E-state index is 0.0845. The predicted octanol–water partition coefficient (Wildman–Crippen LogP) is 0.778. The van der Waals surface area contributed by atoms with Gasteiger partial charge in [-0.15, -0.1) is 11.8 Å². The number of hydrogen-bond donors (Lipinski definition) is 3. The normalized spacial score (nSPS) is 22.3. The molecular weight excluding hydrogens is 338 g/mol. The van der Waals surface area contributed by atoms with E-state index in [4.69, 9.17) is 0 Å². The van der Waals surface area contributed by atoms with Crippen molar-refractivity contribution in [3.63, 3.8) is 0 Å². The van der Waals surface area contributed by atoms with Gasteiger partial charge in [0, 0.05) is 24.7 Å². The van der Waals surface area contributed by atoms with Crippen LogP contribution in [0.15, 0.2) is 23.1 Å². The molecule has 0 aliphatic carbocycles. The molecule has 1 unspecified atom stereocenters. The van der Waals surface area contributed by atoms with E-state index in [0.717, 1.165) is 12.8 Å². The molecule has 1 aromatic carbocycles. The minimum atomic E-state index is -3.58. The van der Waals surface area contributed by atoms with E-state index in [1.54, 1.807) is 11.8 Å². The third kappa shape index (κ3) is 3.47. The van der Waals surface area contributed by atoms with E-state index in [1.807, 2.05) is 0 Å². The number of phenols is 1. The van der Waals surface area contributed by atoms with Gasteiger partial charge in [0.25, 0.3) is 0 Å². The zero-order chi connectivity index (χ0) is 16.4. The van der Waals surface area contributed by atoms with Gasteiger partial charge in [0.05, 0.1) is 16.6 Å². The van der Waals surface area contributed by atoms with E-state index in [9.17, 15) is 18.3 Å². The largest absolute Gasteiger partial charge is 0.506 e. The number of amides is 1. The summed E-state index contributed by atoms with van der Waals surface area (Å²) in [6.45, 7) is 1.02. The number of nitrogens with one attached hydrogen (secondary N) is 2. The highest BCUT2D eigenvalue weighted by atomic mass is 32.2. The average Bonchev–Trinajstić information content (AvgIpc) is 3.23. The predicted molar refractivity (Wildman–Crippen MR) is 89.0 cm³/mol. The lowest BCUT2D eigenvalue weighted by molar-refractivity contribution is -0.117. The lowest BCUT2D eigenvalue weighted by atomic mass is 10.2. The number of carbonyl (C=O) groups excluding carboxylic acids is 1. The third-order valence-electron chi connectivity index (χ3n) is 3.96. The van der Waals surface area contributed by atoms with Crippen LogP contribution in [-0.2, 0) is 14.8 Å². The highest BCUT2D eigenvalue weighted by molar-refractivity contribution is 7.99. The topological polar surface area (TPSA) is 98.7 Å². The maximum Gasteiger partial charge on any atom is 0.243 e. The number of sulfonamides is 1. The van der Waals surface area contributed by atoms with Gasteiger partial charge in [-0.1, -0.05) is 0 Å². The smallest absolute Gasteiger partial charge is 0.243 e. The fourth-order valence-electron chi connectivity index (χ4n) is 2.64. The summed E-state index contributed by atoms with van der Waals surface area (Å²) < 4.78 is 26.5. The summed E-state index contributed by atoms with van der Waals surface area (Å²) >= 11 is 1.61. The Kier molecular flexibility index (Phi) is 4.81. The first-order valence-electron chi connectivity index (χ1n) is 7.43. The summed E-state index contributed by atoms with van der Waals surface area (Å²) in [5.74, 6) is 0.927. The Morgan fingerprint density at radius 1 is 1.35 bits per heavy atom. The number of phenolic OH excluding ortho intramolecular Hbond substituents is 1. The van der Waals surface area contributed by atoms with Gasteiger partial charge in [-0.05, 0) is 31.0 Å². The molecule has 1 aromatic rings. The van der Waals surface area contributed by atoms with Crippen LogP contribution in [0.2, 0.25) is 0 Å². The maximum absolute atomic E-state index is 12.6. The van der Waals surface area contributed by atoms with Crippen LogP contribution in [0.5, 0.6) is 5.75 Å². The molecule has 1 amide bonds. The van der Waals surface area contributed by atoms with Crippen molar-refractivity contribution in [1.29, 1.82) is 0 Å². The molecule has 126 valence electrons. The lowest BCUT2D eigenvalue weighted by Crippen LogP contribution is -2.37. The van der Waals surface area contributed by atoms with Crippen LogP contribution >= 0.6 is 11.8 Å². The first kappa shape index (κ1) is 16.6. The minimum Gasteiger partial charge on any atom is -0.506 e. The number of nitrogens with zero attached hydrogens (tertiary/aromatic N) is 1. The van der Waals surface area contributed by atoms with Crippen LogP contribution in [0.4, 0.5) is 5.69 Å².